The van der Waals surface area contributed by atoms with E-state index in [1.807, 2.05) is 80.6 Å². The lowest BCUT2D eigenvalue weighted by Crippen LogP contribution is -1.98. The predicted octanol–water partition coefficient (Wildman–Crippen LogP) is 8.31. The molecule has 4 aromatic carbocycles. The number of hydrogen-bond acceptors (Lipinski definition) is 4. The molecule has 0 bridgehead atoms. The van der Waals surface area contributed by atoms with Crippen LogP contribution in [0.3, 0.4) is 0 Å². The molecule has 0 aliphatic heterocycles. The van der Waals surface area contributed by atoms with E-state index in [9.17, 15) is 5.11 Å². The summed E-state index contributed by atoms with van der Waals surface area (Å²) in [6.45, 7) is 8.11. The maximum Gasteiger partial charge on any atom is 0.153 e. The van der Waals surface area contributed by atoms with Gasteiger partial charge in [-0.25, -0.2) is 0 Å². The number of aryl methyl sites for hydroxylation is 2. The van der Waals surface area contributed by atoms with E-state index in [4.69, 9.17) is 11.6 Å². The average molecular weight is 428 g/mol. The van der Waals surface area contributed by atoms with Gasteiger partial charge in [-0.2, -0.15) is 5.11 Å². The van der Waals surface area contributed by atoms with Crippen molar-refractivity contribution in [1.82, 2.24) is 0 Å². The summed E-state index contributed by atoms with van der Waals surface area (Å²) in [6.07, 6.45) is 0. The van der Waals surface area contributed by atoms with Crippen LogP contribution in [0, 0.1) is 13.8 Å². The molecule has 0 aliphatic rings. The van der Waals surface area contributed by atoms with Crippen molar-refractivity contribution in [3.8, 4) is 5.75 Å². The summed E-state index contributed by atoms with van der Waals surface area (Å²) in [7, 11) is 0. The lowest BCUT2D eigenvalue weighted by atomic mass is 10.0. The number of rotatable bonds is 5. The molecule has 0 saturated heterocycles. The lowest BCUT2D eigenvalue weighted by Gasteiger charge is -2.14. The third-order valence-corrected chi connectivity index (χ3v) is 5.33. The number of nitrogens with one attached hydrogen (secondary N) is 1. The molecule has 0 amide bonds. The normalized spacial score (nSPS) is 11.2. The summed E-state index contributed by atoms with van der Waals surface area (Å²) in [5, 5.41) is 25.5. The molecule has 2 N–H and O–H groups in total. The fraction of sp³-hybridized carbons (Fsp3) is 0.0769. The largest absolute Gasteiger partial charge is 0.505 e. The number of hydrogen-bond donors (Lipinski definition) is 2. The minimum Gasteiger partial charge on any atom is -0.505 e. The average Bonchev–Trinajstić information content (AvgIpc) is 2.76. The van der Waals surface area contributed by atoms with Crippen LogP contribution in [0.25, 0.3) is 16.5 Å². The fourth-order valence-corrected chi connectivity index (χ4v) is 3.49. The molecule has 31 heavy (non-hydrogen) atoms. The minimum absolute atomic E-state index is 0.0201. The van der Waals surface area contributed by atoms with Crippen LogP contribution >= 0.6 is 11.6 Å². The van der Waals surface area contributed by atoms with Gasteiger partial charge in [0.25, 0.3) is 0 Å². The summed E-state index contributed by atoms with van der Waals surface area (Å²) >= 11 is 6.11. The van der Waals surface area contributed by atoms with E-state index in [0.717, 1.165) is 22.0 Å². The SMILES string of the molecule is C=C(Nc1ccc(C)cc1)c1cc2ccccc2c(/N=N/c2cc(Cl)ccc2C)c1O. The Morgan fingerprint density at radius 2 is 1.68 bits per heavy atom. The van der Waals surface area contributed by atoms with Gasteiger partial charge in [-0.3, -0.25) is 0 Å². The van der Waals surface area contributed by atoms with Crippen molar-refractivity contribution < 1.29 is 5.11 Å². The molecule has 0 heterocycles. The Bertz CT molecular complexity index is 1310. The van der Waals surface area contributed by atoms with Gasteiger partial charge in [0, 0.05) is 27.4 Å². The molecule has 0 unspecified atom stereocenters. The Kier molecular flexibility index (Phi) is 5.74. The molecular formula is C26H22ClN3O. The second-order valence-corrected chi connectivity index (χ2v) is 7.88. The molecular weight excluding hydrogens is 406 g/mol. The Balaban J connectivity index is 1.78. The summed E-state index contributed by atoms with van der Waals surface area (Å²) in [4.78, 5) is 0. The zero-order valence-corrected chi connectivity index (χ0v) is 18.1. The number of fused-ring (bicyclic) bond motifs is 1. The van der Waals surface area contributed by atoms with Crippen LogP contribution in [0.5, 0.6) is 5.75 Å². The highest BCUT2D eigenvalue weighted by atomic mass is 35.5. The summed E-state index contributed by atoms with van der Waals surface area (Å²) in [5.74, 6) is 0.0201. The number of aromatic hydroxyl groups is 1. The van der Waals surface area contributed by atoms with Crippen molar-refractivity contribution in [3.05, 3.63) is 101 Å². The van der Waals surface area contributed by atoms with Gasteiger partial charge in [0.05, 0.1) is 5.69 Å². The van der Waals surface area contributed by atoms with Crippen molar-refractivity contribution in [2.24, 2.45) is 10.2 Å². The molecule has 0 radical (unpaired) electrons. The molecule has 4 nitrogen and oxygen atoms in total. The van der Waals surface area contributed by atoms with E-state index in [1.165, 1.54) is 5.56 Å². The van der Waals surface area contributed by atoms with Crippen LogP contribution in [-0.4, -0.2) is 5.11 Å². The van der Waals surface area contributed by atoms with Crippen molar-refractivity contribution >= 4 is 45.1 Å². The Hall–Kier alpha value is -3.63. The zero-order valence-electron chi connectivity index (χ0n) is 17.4. The van der Waals surface area contributed by atoms with Crippen LogP contribution in [0.1, 0.15) is 16.7 Å². The highest BCUT2D eigenvalue weighted by Crippen LogP contribution is 2.42. The number of azo groups is 1. The van der Waals surface area contributed by atoms with E-state index in [-0.39, 0.29) is 5.75 Å². The van der Waals surface area contributed by atoms with Crippen molar-refractivity contribution in [2.75, 3.05) is 5.32 Å². The predicted molar refractivity (Wildman–Crippen MR) is 130 cm³/mol. The standard InChI is InChI=1S/C26H22ClN3O/c1-16-8-12-21(13-9-16)28-18(3)23-14-19-6-4-5-7-22(19)25(26(23)31)30-29-24-15-20(27)11-10-17(24)2/h4-15,28,31H,3H2,1-2H3/b30-29+. The van der Waals surface area contributed by atoms with Crippen LogP contribution in [-0.2, 0) is 0 Å². The highest BCUT2D eigenvalue weighted by molar-refractivity contribution is 6.30. The van der Waals surface area contributed by atoms with Crippen LogP contribution in [0.15, 0.2) is 89.6 Å². The van der Waals surface area contributed by atoms with Crippen LogP contribution in [0.2, 0.25) is 5.02 Å². The first-order valence-electron chi connectivity index (χ1n) is 9.88. The fourth-order valence-electron chi connectivity index (χ4n) is 3.32. The van der Waals surface area contributed by atoms with E-state index in [0.29, 0.717) is 27.7 Å². The Morgan fingerprint density at radius 3 is 2.45 bits per heavy atom. The number of benzene rings is 4. The van der Waals surface area contributed by atoms with Crippen molar-refractivity contribution in [2.45, 2.75) is 13.8 Å². The van der Waals surface area contributed by atoms with Crippen molar-refractivity contribution in [1.29, 1.82) is 0 Å². The maximum atomic E-state index is 11.1. The second-order valence-electron chi connectivity index (χ2n) is 7.44. The van der Waals surface area contributed by atoms with E-state index in [2.05, 4.69) is 22.1 Å². The number of nitrogens with zero attached hydrogens (tertiary/aromatic N) is 2. The summed E-state index contributed by atoms with van der Waals surface area (Å²) < 4.78 is 0. The van der Waals surface area contributed by atoms with Gasteiger partial charge in [-0.05, 0) is 55.1 Å². The molecule has 0 aliphatic carbocycles. The maximum absolute atomic E-state index is 11.1. The number of phenols is 1. The molecule has 5 heteroatoms. The molecule has 0 atom stereocenters. The van der Waals surface area contributed by atoms with Gasteiger partial charge in [0.15, 0.2) is 5.75 Å². The van der Waals surface area contributed by atoms with Crippen LogP contribution < -0.4 is 5.32 Å². The van der Waals surface area contributed by atoms with Crippen molar-refractivity contribution in [3.63, 3.8) is 0 Å². The Morgan fingerprint density at radius 1 is 0.935 bits per heavy atom. The van der Waals surface area contributed by atoms with Gasteiger partial charge >= 0.3 is 0 Å². The molecule has 0 spiro atoms. The molecule has 0 fully saturated rings. The molecule has 4 rings (SSSR count). The minimum atomic E-state index is 0.0201. The molecule has 4 aromatic rings. The quantitative estimate of drug-likeness (QED) is 0.314. The van der Waals surface area contributed by atoms with Gasteiger partial charge in [-0.15, -0.1) is 5.11 Å². The van der Waals surface area contributed by atoms with Gasteiger partial charge in [0.1, 0.15) is 5.69 Å². The van der Waals surface area contributed by atoms with E-state index < -0.39 is 0 Å². The van der Waals surface area contributed by atoms with Gasteiger partial charge in [-0.1, -0.05) is 66.2 Å². The Labute approximate surface area is 186 Å². The van der Waals surface area contributed by atoms with E-state index >= 15 is 0 Å². The summed E-state index contributed by atoms with van der Waals surface area (Å²) in [5.41, 5.74) is 5.18. The molecule has 154 valence electrons. The monoisotopic (exact) mass is 427 g/mol. The molecule has 0 aromatic heterocycles. The smallest absolute Gasteiger partial charge is 0.153 e. The van der Waals surface area contributed by atoms with Crippen LogP contribution in [0.4, 0.5) is 17.1 Å². The number of anilines is 1. The zero-order chi connectivity index (χ0) is 22.0. The first kappa shape index (κ1) is 20.6. The first-order chi connectivity index (χ1) is 14.9. The first-order valence-corrected chi connectivity index (χ1v) is 10.3. The third-order valence-electron chi connectivity index (χ3n) is 5.10. The summed E-state index contributed by atoms with van der Waals surface area (Å²) in [6, 6.07) is 23.1. The highest BCUT2D eigenvalue weighted by Gasteiger charge is 2.15. The van der Waals surface area contributed by atoms with Gasteiger partial charge < -0.3 is 10.4 Å². The van der Waals surface area contributed by atoms with E-state index in [1.54, 1.807) is 6.07 Å². The number of halogens is 1. The second kappa shape index (κ2) is 8.62. The number of phenolic OH excluding ortho intramolecular Hbond substituents is 1. The molecule has 0 saturated carbocycles. The topological polar surface area (TPSA) is 57.0 Å². The third kappa shape index (κ3) is 4.44. The lowest BCUT2D eigenvalue weighted by molar-refractivity contribution is 0.475. The van der Waals surface area contributed by atoms with Gasteiger partial charge in [0.2, 0.25) is 0 Å².